The number of nitrogens with zero attached hydrogens (tertiary/aromatic N) is 2. The summed E-state index contributed by atoms with van der Waals surface area (Å²) in [6.45, 7) is 6.02. The summed E-state index contributed by atoms with van der Waals surface area (Å²) >= 11 is 0. The van der Waals surface area contributed by atoms with E-state index in [-0.39, 0.29) is 12.0 Å². The molecular weight excluding hydrogens is 294 g/mol. The molecule has 6 nitrogen and oxygen atoms in total. The number of likely N-dealkylation sites (N-methyl/N-ethyl adjacent to an activating group) is 1. The van der Waals surface area contributed by atoms with E-state index >= 15 is 0 Å². The van der Waals surface area contributed by atoms with Crippen LogP contribution in [0.2, 0.25) is 0 Å². The largest absolute Gasteiger partial charge is 0.473 e. The molecule has 1 aromatic heterocycles. The van der Waals surface area contributed by atoms with Crippen LogP contribution in [0, 0.1) is 0 Å². The van der Waals surface area contributed by atoms with Crippen LogP contribution in [0.3, 0.4) is 0 Å². The number of nitrogens with one attached hydrogen (secondary N) is 1. The van der Waals surface area contributed by atoms with Gasteiger partial charge in [-0.1, -0.05) is 6.08 Å². The standard InChI is InChI=1S/C17H27N3O3/c1-5-6-7-15(13-20(3)10-11-22-4)23-16-12-14(8-9-19-16)17(21)18-2/h5,8-9,12,15H,1,6-7,10-11,13H2,2-4H3,(H,18,21). The molecule has 0 saturated heterocycles. The van der Waals surface area contributed by atoms with E-state index in [4.69, 9.17) is 9.47 Å². The van der Waals surface area contributed by atoms with Crippen LogP contribution in [0.5, 0.6) is 5.88 Å². The van der Waals surface area contributed by atoms with E-state index in [1.807, 2.05) is 13.1 Å². The molecule has 0 radical (unpaired) electrons. The predicted octanol–water partition coefficient (Wildman–Crippen LogP) is 1.73. The number of hydrogen-bond acceptors (Lipinski definition) is 5. The Balaban J connectivity index is 2.71. The number of pyridine rings is 1. The van der Waals surface area contributed by atoms with Gasteiger partial charge in [-0.2, -0.15) is 0 Å². The number of amides is 1. The Kier molecular flexibility index (Phi) is 8.94. The van der Waals surface area contributed by atoms with Gasteiger partial charge in [0.2, 0.25) is 5.88 Å². The van der Waals surface area contributed by atoms with Crippen LogP contribution < -0.4 is 10.1 Å². The molecular formula is C17H27N3O3. The van der Waals surface area contributed by atoms with Crippen LogP contribution in [0.15, 0.2) is 31.0 Å². The molecule has 128 valence electrons. The minimum absolute atomic E-state index is 0.0257. The van der Waals surface area contributed by atoms with Gasteiger partial charge in [-0.3, -0.25) is 4.79 Å². The van der Waals surface area contributed by atoms with Gasteiger partial charge in [-0.15, -0.1) is 6.58 Å². The Hall–Kier alpha value is -1.92. The lowest BCUT2D eigenvalue weighted by molar-refractivity contribution is 0.0958. The molecule has 23 heavy (non-hydrogen) atoms. The highest BCUT2D eigenvalue weighted by atomic mass is 16.5. The molecule has 0 bridgehead atoms. The molecule has 0 aliphatic heterocycles. The fourth-order valence-corrected chi connectivity index (χ4v) is 2.11. The summed E-state index contributed by atoms with van der Waals surface area (Å²) in [5.41, 5.74) is 0.535. The lowest BCUT2D eigenvalue weighted by Gasteiger charge is -2.24. The second-order valence-electron chi connectivity index (χ2n) is 5.32. The topological polar surface area (TPSA) is 63.7 Å². The van der Waals surface area contributed by atoms with Crippen LogP contribution in [0.4, 0.5) is 0 Å². The number of ether oxygens (including phenoxy) is 2. The zero-order chi connectivity index (χ0) is 17.1. The second-order valence-corrected chi connectivity index (χ2v) is 5.32. The number of carbonyl (C=O) groups is 1. The van der Waals surface area contributed by atoms with Crippen LogP contribution in [0.25, 0.3) is 0 Å². The van der Waals surface area contributed by atoms with E-state index in [2.05, 4.69) is 21.8 Å². The molecule has 1 rings (SSSR count). The molecule has 0 aromatic carbocycles. The Morgan fingerprint density at radius 1 is 1.57 bits per heavy atom. The Morgan fingerprint density at radius 2 is 2.35 bits per heavy atom. The fourth-order valence-electron chi connectivity index (χ4n) is 2.11. The van der Waals surface area contributed by atoms with Crippen molar-refractivity contribution in [2.45, 2.75) is 18.9 Å². The maximum Gasteiger partial charge on any atom is 0.251 e. The number of hydrogen-bond donors (Lipinski definition) is 1. The molecule has 1 amide bonds. The maximum absolute atomic E-state index is 11.7. The van der Waals surface area contributed by atoms with Crippen LogP contribution in [-0.2, 0) is 4.74 Å². The third kappa shape index (κ3) is 7.25. The quantitative estimate of drug-likeness (QED) is 0.629. The van der Waals surface area contributed by atoms with Crippen molar-refractivity contribution in [3.05, 3.63) is 36.5 Å². The fraction of sp³-hybridized carbons (Fsp3) is 0.529. The van der Waals surface area contributed by atoms with Crippen molar-refractivity contribution >= 4 is 5.91 Å². The lowest BCUT2D eigenvalue weighted by atomic mass is 10.2. The van der Waals surface area contributed by atoms with E-state index in [1.165, 1.54) is 0 Å². The van der Waals surface area contributed by atoms with Gasteiger partial charge in [0.15, 0.2) is 0 Å². The van der Waals surface area contributed by atoms with E-state index in [0.29, 0.717) is 18.1 Å². The molecule has 0 aliphatic carbocycles. The molecule has 0 aliphatic rings. The summed E-state index contributed by atoms with van der Waals surface area (Å²) in [5, 5.41) is 2.59. The van der Waals surface area contributed by atoms with Crippen LogP contribution >= 0.6 is 0 Å². The summed E-state index contributed by atoms with van der Waals surface area (Å²) in [6.07, 6.45) is 5.13. The smallest absolute Gasteiger partial charge is 0.251 e. The summed E-state index contributed by atoms with van der Waals surface area (Å²) in [6, 6.07) is 3.32. The minimum Gasteiger partial charge on any atom is -0.473 e. The first-order valence-electron chi connectivity index (χ1n) is 7.73. The van der Waals surface area contributed by atoms with Gasteiger partial charge in [0.25, 0.3) is 5.91 Å². The Morgan fingerprint density at radius 3 is 3.00 bits per heavy atom. The molecule has 1 unspecified atom stereocenters. The Labute approximate surface area is 138 Å². The normalized spacial score (nSPS) is 12.0. The third-order valence-electron chi connectivity index (χ3n) is 3.40. The zero-order valence-electron chi connectivity index (χ0n) is 14.2. The number of methoxy groups -OCH3 is 1. The van der Waals surface area contributed by atoms with Gasteiger partial charge in [-0.05, 0) is 26.0 Å². The third-order valence-corrected chi connectivity index (χ3v) is 3.40. The highest BCUT2D eigenvalue weighted by Gasteiger charge is 2.15. The minimum atomic E-state index is -0.155. The van der Waals surface area contributed by atoms with Crippen molar-refractivity contribution < 1.29 is 14.3 Å². The molecule has 1 N–H and O–H groups in total. The zero-order valence-corrected chi connectivity index (χ0v) is 14.2. The lowest BCUT2D eigenvalue weighted by Crippen LogP contribution is -2.35. The average Bonchev–Trinajstić information content (AvgIpc) is 2.57. The molecule has 1 heterocycles. The molecule has 6 heteroatoms. The average molecular weight is 321 g/mol. The molecule has 1 atom stereocenters. The summed E-state index contributed by atoms with van der Waals surface area (Å²) in [4.78, 5) is 18.0. The van der Waals surface area contributed by atoms with Gasteiger partial charge < -0.3 is 19.7 Å². The highest BCUT2D eigenvalue weighted by molar-refractivity contribution is 5.94. The summed E-state index contributed by atoms with van der Waals surface area (Å²) in [7, 11) is 5.31. The second kappa shape index (κ2) is 10.7. The Bertz CT molecular complexity index is 494. The molecule has 0 saturated carbocycles. The van der Waals surface area contributed by atoms with Crippen molar-refractivity contribution in [3.8, 4) is 5.88 Å². The number of allylic oxidation sites excluding steroid dienone is 1. The van der Waals surface area contributed by atoms with E-state index in [0.717, 1.165) is 25.9 Å². The maximum atomic E-state index is 11.7. The van der Waals surface area contributed by atoms with Gasteiger partial charge in [0.05, 0.1) is 6.61 Å². The van der Waals surface area contributed by atoms with Crippen molar-refractivity contribution in [1.29, 1.82) is 0 Å². The summed E-state index contributed by atoms with van der Waals surface area (Å²) < 4.78 is 11.1. The van der Waals surface area contributed by atoms with Gasteiger partial charge in [0.1, 0.15) is 6.10 Å². The van der Waals surface area contributed by atoms with Crippen LogP contribution in [0.1, 0.15) is 23.2 Å². The van der Waals surface area contributed by atoms with Crippen molar-refractivity contribution in [2.24, 2.45) is 0 Å². The number of carbonyl (C=O) groups excluding carboxylic acids is 1. The molecule has 0 spiro atoms. The number of rotatable bonds is 11. The van der Waals surface area contributed by atoms with E-state index in [9.17, 15) is 4.79 Å². The van der Waals surface area contributed by atoms with Crippen molar-refractivity contribution in [1.82, 2.24) is 15.2 Å². The van der Waals surface area contributed by atoms with Gasteiger partial charge in [-0.25, -0.2) is 4.98 Å². The summed E-state index contributed by atoms with van der Waals surface area (Å²) in [5.74, 6) is 0.303. The first-order chi connectivity index (χ1) is 11.1. The first-order valence-corrected chi connectivity index (χ1v) is 7.73. The molecule has 0 fully saturated rings. The first kappa shape index (κ1) is 19.1. The van der Waals surface area contributed by atoms with E-state index < -0.39 is 0 Å². The number of aromatic nitrogens is 1. The van der Waals surface area contributed by atoms with Gasteiger partial charge >= 0.3 is 0 Å². The highest BCUT2D eigenvalue weighted by Crippen LogP contribution is 2.14. The van der Waals surface area contributed by atoms with Crippen molar-refractivity contribution in [3.63, 3.8) is 0 Å². The molecule has 1 aromatic rings. The van der Waals surface area contributed by atoms with Crippen molar-refractivity contribution in [2.75, 3.05) is 40.9 Å². The van der Waals surface area contributed by atoms with E-state index in [1.54, 1.807) is 32.5 Å². The van der Waals surface area contributed by atoms with Crippen LogP contribution in [-0.4, -0.2) is 62.8 Å². The predicted molar refractivity (Wildman–Crippen MR) is 90.8 cm³/mol. The van der Waals surface area contributed by atoms with Gasteiger partial charge in [0, 0.05) is 45.1 Å². The SMILES string of the molecule is C=CCCC(CN(C)CCOC)Oc1cc(C(=O)NC)ccn1. The monoisotopic (exact) mass is 321 g/mol.